The number of ether oxygens (including phenoxy) is 2. The smallest absolute Gasteiger partial charge is 0.300 e. The minimum atomic E-state index is -1.06. The van der Waals surface area contributed by atoms with Gasteiger partial charge in [-0.05, 0) is 48.9 Å². The van der Waals surface area contributed by atoms with E-state index in [1.54, 1.807) is 49.4 Å². The molecule has 1 atom stereocenters. The fraction of sp³-hybridized carbons (Fsp3) is 0.154. The van der Waals surface area contributed by atoms with E-state index in [1.807, 2.05) is 0 Å². The molecule has 0 radical (unpaired) electrons. The van der Waals surface area contributed by atoms with Gasteiger partial charge in [0.05, 0.1) is 30.3 Å². The van der Waals surface area contributed by atoms with Crippen molar-refractivity contribution in [2.45, 2.75) is 13.0 Å². The molecule has 1 unspecified atom stereocenters. The molecule has 0 saturated carbocycles. The number of aliphatic hydroxyl groups is 1. The lowest BCUT2D eigenvalue weighted by molar-refractivity contribution is -0.384. The quantitative estimate of drug-likeness (QED) is 0.151. The molecule has 3 aromatic carbocycles. The predicted octanol–water partition coefficient (Wildman–Crippen LogP) is 5.28. The van der Waals surface area contributed by atoms with Crippen molar-refractivity contribution >= 4 is 40.4 Å². The highest BCUT2D eigenvalue weighted by atomic mass is 35.5. The molecule has 0 bridgehead atoms. The highest BCUT2D eigenvalue weighted by molar-refractivity contribution is 6.51. The van der Waals surface area contributed by atoms with Gasteiger partial charge in [-0.2, -0.15) is 0 Å². The van der Waals surface area contributed by atoms with Crippen molar-refractivity contribution in [3.8, 4) is 11.5 Å². The summed E-state index contributed by atoms with van der Waals surface area (Å²) >= 11 is 6.02. The first-order valence-corrected chi connectivity index (χ1v) is 11.3. The van der Waals surface area contributed by atoms with Gasteiger partial charge in [-0.1, -0.05) is 29.8 Å². The zero-order valence-corrected chi connectivity index (χ0v) is 20.1. The molecule has 0 aromatic heterocycles. The Morgan fingerprint density at radius 2 is 1.81 bits per heavy atom. The highest BCUT2D eigenvalue weighted by Gasteiger charge is 2.47. The number of rotatable bonds is 7. The Kier molecular flexibility index (Phi) is 6.93. The van der Waals surface area contributed by atoms with Crippen molar-refractivity contribution in [2.24, 2.45) is 0 Å². The lowest BCUT2D eigenvalue weighted by Crippen LogP contribution is -2.29. The van der Waals surface area contributed by atoms with Gasteiger partial charge in [0.2, 0.25) is 0 Å². The Morgan fingerprint density at radius 1 is 1.08 bits per heavy atom. The second kappa shape index (κ2) is 10.1. The maximum absolute atomic E-state index is 13.3. The van der Waals surface area contributed by atoms with Crippen molar-refractivity contribution in [3.63, 3.8) is 0 Å². The van der Waals surface area contributed by atoms with Crippen molar-refractivity contribution in [1.82, 2.24) is 0 Å². The summed E-state index contributed by atoms with van der Waals surface area (Å²) in [5.41, 5.74) is 0.370. The van der Waals surface area contributed by atoms with Crippen LogP contribution in [0.1, 0.15) is 24.1 Å². The monoisotopic (exact) mass is 508 g/mol. The minimum Gasteiger partial charge on any atom is -0.507 e. The Balaban J connectivity index is 1.97. The van der Waals surface area contributed by atoms with E-state index in [2.05, 4.69) is 0 Å². The van der Waals surface area contributed by atoms with Gasteiger partial charge in [0.1, 0.15) is 5.76 Å². The number of anilines is 1. The van der Waals surface area contributed by atoms with Crippen molar-refractivity contribution in [3.05, 3.63) is 98.6 Å². The third-order valence-electron chi connectivity index (χ3n) is 5.68. The van der Waals surface area contributed by atoms with Crippen LogP contribution in [0.3, 0.4) is 0 Å². The van der Waals surface area contributed by atoms with Crippen LogP contribution >= 0.6 is 11.6 Å². The minimum absolute atomic E-state index is 0.0295. The molecular weight excluding hydrogens is 488 g/mol. The molecule has 36 heavy (non-hydrogen) atoms. The number of nitrogens with zero attached hydrogens (tertiary/aromatic N) is 2. The van der Waals surface area contributed by atoms with Gasteiger partial charge < -0.3 is 14.6 Å². The summed E-state index contributed by atoms with van der Waals surface area (Å²) < 4.78 is 11.0. The van der Waals surface area contributed by atoms with Crippen LogP contribution in [0, 0.1) is 10.1 Å². The molecule has 1 aliphatic rings. The van der Waals surface area contributed by atoms with Crippen LogP contribution in [0.15, 0.2) is 72.3 Å². The summed E-state index contributed by atoms with van der Waals surface area (Å²) in [5.74, 6) is -1.51. The molecule has 0 spiro atoms. The maximum atomic E-state index is 13.3. The van der Waals surface area contributed by atoms with E-state index in [4.69, 9.17) is 21.1 Å². The number of carbonyl (C=O) groups excluding carboxylic acids is 2. The van der Waals surface area contributed by atoms with Gasteiger partial charge in [0.25, 0.3) is 17.4 Å². The average molecular weight is 509 g/mol. The van der Waals surface area contributed by atoms with E-state index in [1.165, 1.54) is 30.2 Å². The number of hydrogen-bond acceptors (Lipinski definition) is 7. The zero-order valence-electron chi connectivity index (χ0n) is 19.3. The second-order valence-corrected chi connectivity index (χ2v) is 8.23. The van der Waals surface area contributed by atoms with Crippen LogP contribution in [-0.2, 0) is 9.59 Å². The molecule has 1 saturated heterocycles. The molecule has 3 aromatic rings. The number of amides is 1. The third-order valence-corrected chi connectivity index (χ3v) is 5.93. The topological polar surface area (TPSA) is 119 Å². The molecular formula is C26H21ClN2O7. The molecule has 184 valence electrons. The van der Waals surface area contributed by atoms with E-state index in [0.29, 0.717) is 34.4 Å². The highest BCUT2D eigenvalue weighted by Crippen LogP contribution is 2.44. The summed E-state index contributed by atoms with van der Waals surface area (Å²) in [6, 6.07) is 15.4. The van der Waals surface area contributed by atoms with E-state index in [0.717, 1.165) is 6.07 Å². The van der Waals surface area contributed by atoms with Crippen LogP contribution in [0.4, 0.5) is 11.4 Å². The second-order valence-electron chi connectivity index (χ2n) is 7.80. The van der Waals surface area contributed by atoms with E-state index in [9.17, 15) is 24.8 Å². The Labute approximate surface area is 211 Å². The van der Waals surface area contributed by atoms with E-state index < -0.39 is 28.4 Å². The number of ketones is 1. The largest absolute Gasteiger partial charge is 0.507 e. The fourth-order valence-electron chi connectivity index (χ4n) is 4.07. The molecule has 9 nitrogen and oxygen atoms in total. The van der Waals surface area contributed by atoms with Gasteiger partial charge in [0.15, 0.2) is 11.5 Å². The molecule has 1 N–H and O–H groups in total. The number of benzene rings is 3. The van der Waals surface area contributed by atoms with Gasteiger partial charge in [-0.25, -0.2) is 0 Å². The van der Waals surface area contributed by atoms with Crippen LogP contribution in [0.25, 0.3) is 5.76 Å². The van der Waals surface area contributed by atoms with Crippen LogP contribution in [0.5, 0.6) is 11.5 Å². The summed E-state index contributed by atoms with van der Waals surface area (Å²) in [6.07, 6.45) is 0. The van der Waals surface area contributed by atoms with Gasteiger partial charge in [-0.3, -0.25) is 24.6 Å². The van der Waals surface area contributed by atoms with Crippen molar-refractivity contribution in [2.75, 3.05) is 18.6 Å². The number of methoxy groups -OCH3 is 1. The first kappa shape index (κ1) is 24.7. The van der Waals surface area contributed by atoms with Gasteiger partial charge >= 0.3 is 0 Å². The number of hydrogen-bond donors (Lipinski definition) is 1. The number of non-ortho nitro benzene ring substituents is 1. The standard InChI is InChI=1S/C26H21ClN2O7/c1-3-36-21-14-15(7-12-20(21)35-2)23-22(24(30)16-5-4-6-19(13-16)29(33)34)25(31)26(32)28(23)18-10-8-17(27)9-11-18/h4-14,23,30H,3H2,1-2H3/b24-22+. The number of aliphatic hydroxyl groups excluding tert-OH is 1. The van der Waals surface area contributed by atoms with E-state index >= 15 is 0 Å². The lowest BCUT2D eigenvalue weighted by Gasteiger charge is -2.26. The summed E-state index contributed by atoms with van der Waals surface area (Å²) in [6.45, 7) is 2.14. The number of carbonyl (C=O) groups is 2. The Morgan fingerprint density at radius 3 is 2.44 bits per heavy atom. The van der Waals surface area contributed by atoms with Crippen LogP contribution in [0.2, 0.25) is 5.02 Å². The van der Waals surface area contributed by atoms with Gasteiger partial charge in [0, 0.05) is 28.4 Å². The summed E-state index contributed by atoms with van der Waals surface area (Å²) in [5, 5.41) is 22.9. The van der Waals surface area contributed by atoms with Crippen LogP contribution < -0.4 is 14.4 Å². The molecule has 0 aliphatic carbocycles. The van der Waals surface area contributed by atoms with Crippen LogP contribution in [-0.4, -0.2) is 35.4 Å². The van der Waals surface area contributed by atoms with Crippen molar-refractivity contribution < 1.29 is 29.1 Å². The molecule has 10 heteroatoms. The first-order chi connectivity index (χ1) is 17.3. The number of nitro benzene ring substituents is 1. The molecule has 1 aliphatic heterocycles. The first-order valence-electron chi connectivity index (χ1n) is 10.9. The SMILES string of the molecule is CCOc1cc(C2/C(=C(\O)c3cccc([N+](=O)[O-])c3)C(=O)C(=O)N2c2ccc(Cl)cc2)ccc1OC. The van der Waals surface area contributed by atoms with Crippen molar-refractivity contribution in [1.29, 1.82) is 0 Å². The summed E-state index contributed by atoms with van der Waals surface area (Å²) in [7, 11) is 1.49. The zero-order chi connectivity index (χ0) is 26.0. The molecule has 1 fully saturated rings. The normalized spacial score (nSPS) is 16.8. The molecule has 4 rings (SSSR count). The Hall–Kier alpha value is -4.37. The summed E-state index contributed by atoms with van der Waals surface area (Å²) in [4.78, 5) is 38.4. The van der Waals surface area contributed by atoms with E-state index in [-0.39, 0.29) is 16.8 Å². The Bertz CT molecular complexity index is 1390. The number of halogens is 1. The van der Waals surface area contributed by atoms with Gasteiger partial charge in [-0.15, -0.1) is 0 Å². The predicted molar refractivity (Wildman–Crippen MR) is 133 cm³/mol. The molecule has 1 amide bonds. The fourth-order valence-corrected chi connectivity index (χ4v) is 4.20. The average Bonchev–Trinajstić information content (AvgIpc) is 3.14. The molecule has 1 heterocycles. The lowest BCUT2D eigenvalue weighted by atomic mass is 9.94. The number of Topliss-reactive ketones (excluding diaryl/α,β-unsaturated/α-hetero) is 1. The maximum Gasteiger partial charge on any atom is 0.300 e. The third kappa shape index (κ3) is 4.48. The number of nitro groups is 1.